The van der Waals surface area contributed by atoms with Gasteiger partial charge in [-0.3, -0.25) is 9.36 Å². The van der Waals surface area contributed by atoms with Crippen LogP contribution in [-0.2, 0) is 9.53 Å². The number of allylic oxidation sites excluding steroid dienone is 1. The summed E-state index contributed by atoms with van der Waals surface area (Å²) >= 11 is 2.97. The maximum absolute atomic E-state index is 13.6. The molecule has 3 aromatic rings. The highest BCUT2D eigenvalue weighted by molar-refractivity contribution is 7.98. The molecule has 2 heterocycles. The summed E-state index contributed by atoms with van der Waals surface area (Å²) < 4.78 is 13.0. The lowest BCUT2D eigenvalue weighted by atomic mass is 9.95. The molecule has 0 spiro atoms. The fraction of sp³-hybridized carbons (Fsp3) is 0.240. The Morgan fingerprint density at radius 2 is 1.94 bits per heavy atom. The maximum Gasteiger partial charge on any atom is 0.338 e. The number of thioether (sulfide) groups is 1. The molecule has 6 nitrogen and oxygen atoms in total. The van der Waals surface area contributed by atoms with Crippen LogP contribution in [-0.4, -0.2) is 30.5 Å². The number of esters is 1. The molecule has 1 aliphatic rings. The molecule has 8 heteroatoms. The van der Waals surface area contributed by atoms with Crippen LogP contribution in [0.5, 0.6) is 5.75 Å². The first-order valence-electron chi connectivity index (χ1n) is 10.4. The predicted molar refractivity (Wildman–Crippen MR) is 132 cm³/mol. The van der Waals surface area contributed by atoms with Gasteiger partial charge in [-0.25, -0.2) is 9.79 Å². The number of thiazole rings is 1. The molecule has 0 bridgehead atoms. The van der Waals surface area contributed by atoms with Gasteiger partial charge in [-0.1, -0.05) is 41.7 Å². The van der Waals surface area contributed by atoms with Crippen LogP contribution in [0, 0.1) is 0 Å². The Hall–Kier alpha value is -3.10. The van der Waals surface area contributed by atoms with Gasteiger partial charge in [0.2, 0.25) is 0 Å². The van der Waals surface area contributed by atoms with Crippen molar-refractivity contribution in [3.63, 3.8) is 0 Å². The Bertz CT molecular complexity index is 1400. The summed E-state index contributed by atoms with van der Waals surface area (Å²) in [6.07, 6.45) is 3.88. The molecular formula is C25H24N2O4S2. The number of hydrogen-bond donors (Lipinski definition) is 0. The Kier molecular flexibility index (Phi) is 6.85. The van der Waals surface area contributed by atoms with Crippen molar-refractivity contribution in [2.75, 3.05) is 20.0 Å². The number of hydrogen-bond acceptors (Lipinski definition) is 7. The van der Waals surface area contributed by atoms with Gasteiger partial charge in [0.15, 0.2) is 4.80 Å². The second kappa shape index (κ2) is 9.80. The molecule has 170 valence electrons. The number of benzene rings is 2. The van der Waals surface area contributed by atoms with E-state index in [9.17, 15) is 9.59 Å². The smallest absolute Gasteiger partial charge is 0.338 e. The summed E-state index contributed by atoms with van der Waals surface area (Å²) in [7, 11) is 1.57. The van der Waals surface area contributed by atoms with E-state index in [-0.39, 0.29) is 12.2 Å². The average molecular weight is 481 g/mol. The zero-order valence-corrected chi connectivity index (χ0v) is 20.5. The van der Waals surface area contributed by atoms with Gasteiger partial charge in [0.1, 0.15) is 11.8 Å². The fourth-order valence-corrected chi connectivity index (χ4v) is 5.28. The van der Waals surface area contributed by atoms with Gasteiger partial charge in [-0.15, -0.1) is 11.8 Å². The van der Waals surface area contributed by atoms with Crippen molar-refractivity contribution in [2.45, 2.75) is 24.8 Å². The summed E-state index contributed by atoms with van der Waals surface area (Å²) in [5.74, 6) is 0.0952. The van der Waals surface area contributed by atoms with E-state index in [1.54, 1.807) is 37.3 Å². The van der Waals surface area contributed by atoms with Gasteiger partial charge in [0, 0.05) is 10.5 Å². The lowest BCUT2D eigenvalue weighted by Crippen LogP contribution is -2.40. The van der Waals surface area contributed by atoms with Crippen molar-refractivity contribution < 1.29 is 14.3 Å². The van der Waals surface area contributed by atoms with Gasteiger partial charge >= 0.3 is 5.97 Å². The molecular weight excluding hydrogens is 456 g/mol. The quantitative estimate of drug-likeness (QED) is 0.399. The van der Waals surface area contributed by atoms with E-state index in [1.807, 2.05) is 60.9 Å². The lowest BCUT2D eigenvalue weighted by Gasteiger charge is -2.25. The van der Waals surface area contributed by atoms with Crippen molar-refractivity contribution in [2.24, 2.45) is 4.99 Å². The topological polar surface area (TPSA) is 69.9 Å². The third kappa shape index (κ3) is 4.41. The Morgan fingerprint density at radius 1 is 1.21 bits per heavy atom. The van der Waals surface area contributed by atoms with Crippen LogP contribution >= 0.6 is 23.1 Å². The number of aromatic nitrogens is 1. The molecule has 1 aliphatic heterocycles. The third-order valence-corrected chi connectivity index (χ3v) is 7.09. The first kappa shape index (κ1) is 23.1. The third-order valence-electron chi connectivity index (χ3n) is 5.36. The van der Waals surface area contributed by atoms with Crippen LogP contribution in [0.15, 0.2) is 74.5 Å². The van der Waals surface area contributed by atoms with E-state index in [4.69, 9.17) is 9.47 Å². The average Bonchev–Trinajstić information content (AvgIpc) is 3.13. The summed E-state index contributed by atoms with van der Waals surface area (Å²) in [6.45, 7) is 3.75. The monoisotopic (exact) mass is 480 g/mol. The first-order valence-corrected chi connectivity index (χ1v) is 12.5. The summed E-state index contributed by atoms with van der Waals surface area (Å²) in [5.41, 5.74) is 2.28. The van der Waals surface area contributed by atoms with Crippen LogP contribution in [0.2, 0.25) is 0 Å². The number of carbonyl (C=O) groups is 1. The van der Waals surface area contributed by atoms with Crippen LogP contribution in [0.4, 0.5) is 0 Å². The second-order valence-corrected chi connectivity index (χ2v) is 9.21. The van der Waals surface area contributed by atoms with E-state index in [0.717, 1.165) is 10.5 Å². The molecule has 0 aliphatic carbocycles. The highest BCUT2D eigenvalue weighted by Crippen LogP contribution is 2.35. The van der Waals surface area contributed by atoms with Crippen molar-refractivity contribution in [3.8, 4) is 5.75 Å². The second-order valence-electron chi connectivity index (χ2n) is 7.32. The van der Waals surface area contributed by atoms with E-state index < -0.39 is 12.0 Å². The highest BCUT2D eigenvalue weighted by atomic mass is 32.2. The molecule has 1 aromatic heterocycles. The largest absolute Gasteiger partial charge is 0.496 e. The molecule has 0 unspecified atom stereocenters. The number of methoxy groups -OCH3 is 1. The van der Waals surface area contributed by atoms with Gasteiger partial charge < -0.3 is 9.47 Å². The molecule has 1 atom stereocenters. The van der Waals surface area contributed by atoms with Crippen LogP contribution < -0.4 is 19.6 Å². The normalized spacial score (nSPS) is 15.8. The Balaban J connectivity index is 1.95. The van der Waals surface area contributed by atoms with Crippen molar-refractivity contribution in [1.29, 1.82) is 0 Å². The number of carbonyl (C=O) groups excluding carboxylic acids is 1. The molecule has 0 radical (unpaired) electrons. The lowest BCUT2D eigenvalue weighted by molar-refractivity contribution is -0.139. The molecule has 33 heavy (non-hydrogen) atoms. The van der Waals surface area contributed by atoms with Crippen LogP contribution in [0.1, 0.15) is 31.0 Å². The molecule has 4 rings (SSSR count). The van der Waals surface area contributed by atoms with E-state index in [2.05, 4.69) is 4.99 Å². The van der Waals surface area contributed by atoms with Crippen molar-refractivity contribution in [1.82, 2.24) is 4.57 Å². The molecule has 0 fully saturated rings. The van der Waals surface area contributed by atoms with Gasteiger partial charge in [0.25, 0.3) is 5.56 Å². The van der Waals surface area contributed by atoms with Crippen LogP contribution in [0.3, 0.4) is 0 Å². The molecule has 0 saturated carbocycles. The molecule has 0 N–H and O–H groups in total. The number of fused-ring (bicyclic) bond motifs is 1. The minimum Gasteiger partial charge on any atom is -0.496 e. The van der Waals surface area contributed by atoms with Gasteiger partial charge in [-0.05, 0) is 49.9 Å². The van der Waals surface area contributed by atoms with Crippen molar-refractivity contribution in [3.05, 3.63) is 90.6 Å². The van der Waals surface area contributed by atoms with Crippen LogP contribution in [0.25, 0.3) is 6.08 Å². The minimum absolute atomic E-state index is 0.210. The summed E-state index contributed by atoms with van der Waals surface area (Å²) in [6, 6.07) is 14.7. The van der Waals surface area contributed by atoms with Gasteiger partial charge in [0.05, 0.1) is 29.5 Å². The molecule has 0 amide bonds. The first-order chi connectivity index (χ1) is 16.0. The highest BCUT2D eigenvalue weighted by Gasteiger charge is 2.34. The number of rotatable bonds is 6. The van der Waals surface area contributed by atoms with Gasteiger partial charge in [-0.2, -0.15) is 0 Å². The standard InChI is InChI=1S/C25H24N2O4S2/c1-5-31-24(29)21-15(2)26-25-27(22(21)18-8-6-7-9-19(18)30-3)23(28)20(33-25)14-16-10-12-17(32-4)13-11-16/h6-14,22H,5H2,1-4H3/t22-/m0/s1. The SMILES string of the molecule is CCOC(=O)C1=C(C)N=c2sc(=Cc3ccc(SC)cc3)c(=O)n2[C@H]1c1ccccc1OC. The number of para-hydroxylation sites is 1. The van der Waals surface area contributed by atoms with E-state index >= 15 is 0 Å². The predicted octanol–water partition coefficient (Wildman–Crippen LogP) is 3.53. The Morgan fingerprint density at radius 3 is 2.61 bits per heavy atom. The molecule has 0 saturated heterocycles. The van der Waals surface area contributed by atoms with Crippen molar-refractivity contribution >= 4 is 35.1 Å². The van der Waals surface area contributed by atoms with E-state index in [1.165, 1.54) is 11.3 Å². The summed E-state index contributed by atoms with van der Waals surface area (Å²) in [4.78, 5) is 32.9. The minimum atomic E-state index is -0.697. The molecule has 2 aromatic carbocycles. The summed E-state index contributed by atoms with van der Waals surface area (Å²) in [5, 5.41) is 0. The number of ether oxygens (including phenoxy) is 2. The maximum atomic E-state index is 13.6. The zero-order chi connectivity index (χ0) is 23.5. The Labute approximate surface area is 199 Å². The zero-order valence-electron chi connectivity index (χ0n) is 18.8. The number of nitrogens with zero attached hydrogens (tertiary/aromatic N) is 2. The van der Waals surface area contributed by atoms with E-state index in [0.29, 0.717) is 31.9 Å². The fourth-order valence-electron chi connectivity index (χ4n) is 3.83.